The topological polar surface area (TPSA) is 40.7 Å². The number of rotatable bonds is 5. The molecule has 5 heteroatoms. The van der Waals surface area contributed by atoms with Crippen molar-refractivity contribution in [3.05, 3.63) is 27.7 Å². The molecule has 0 spiro atoms. The molecule has 2 aromatic heterocycles. The van der Waals surface area contributed by atoms with Crippen LogP contribution in [-0.2, 0) is 6.54 Å². The summed E-state index contributed by atoms with van der Waals surface area (Å²) in [4.78, 5) is 1.22. The minimum Gasteiger partial charge on any atom is -0.313 e. The van der Waals surface area contributed by atoms with Gasteiger partial charge in [-0.2, -0.15) is 5.10 Å². The normalized spacial score (nSPS) is 10.9. The summed E-state index contributed by atoms with van der Waals surface area (Å²) in [6, 6.07) is 2.11. The Morgan fingerprint density at radius 3 is 3.12 bits per heavy atom. The molecule has 2 N–H and O–H groups in total. The molecule has 2 rings (SSSR count). The van der Waals surface area contributed by atoms with Gasteiger partial charge < -0.3 is 5.32 Å². The van der Waals surface area contributed by atoms with Crippen LogP contribution in [0.3, 0.4) is 0 Å². The Labute approximate surface area is 107 Å². The van der Waals surface area contributed by atoms with Crippen molar-refractivity contribution < 1.29 is 0 Å². The average Bonchev–Trinajstić information content (AvgIpc) is 2.87. The van der Waals surface area contributed by atoms with E-state index in [1.165, 1.54) is 10.4 Å². The largest absolute Gasteiger partial charge is 0.313 e. The highest BCUT2D eigenvalue weighted by Crippen LogP contribution is 2.30. The highest BCUT2D eigenvalue weighted by Gasteiger charge is 2.09. The Morgan fingerprint density at radius 1 is 1.56 bits per heavy atom. The van der Waals surface area contributed by atoms with E-state index in [4.69, 9.17) is 0 Å². The van der Waals surface area contributed by atoms with Gasteiger partial charge in [-0.15, -0.1) is 11.3 Å². The van der Waals surface area contributed by atoms with Crippen molar-refractivity contribution in [1.82, 2.24) is 15.5 Å². The lowest BCUT2D eigenvalue weighted by molar-refractivity contribution is 0.676. The maximum atomic E-state index is 4.11. The molecule has 0 amide bonds. The quantitative estimate of drug-likeness (QED) is 0.831. The van der Waals surface area contributed by atoms with Gasteiger partial charge in [0, 0.05) is 22.0 Å². The van der Waals surface area contributed by atoms with E-state index in [0.717, 1.165) is 29.7 Å². The molecule has 86 valence electrons. The van der Waals surface area contributed by atoms with Crippen molar-refractivity contribution >= 4 is 27.3 Å². The number of hydrogen-bond acceptors (Lipinski definition) is 3. The van der Waals surface area contributed by atoms with Crippen LogP contribution in [0.15, 0.2) is 22.1 Å². The molecule has 0 radical (unpaired) electrons. The summed E-state index contributed by atoms with van der Waals surface area (Å²) in [5, 5.41) is 12.6. The number of aromatic amines is 1. The average molecular weight is 300 g/mol. The van der Waals surface area contributed by atoms with Gasteiger partial charge in [0.25, 0.3) is 0 Å². The number of thiophene rings is 1. The predicted octanol–water partition coefficient (Wildman–Crippen LogP) is 3.40. The lowest BCUT2D eigenvalue weighted by Crippen LogP contribution is -2.13. The van der Waals surface area contributed by atoms with Gasteiger partial charge in [-0.1, -0.05) is 6.92 Å². The van der Waals surface area contributed by atoms with Gasteiger partial charge in [-0.25, -0.2) is 0 Å². The monoisotopic (exact) mass is 299 g/mol. The fraction of sp³-hybridized carbons (Fsp3) is 0.364. The van der Waals surface area contributed by atoms with Gasteiger partial charge in [0.05, 0.1) is 16.8 Å². The maximum absolute atomic E-state index is 4.11. The standard InChI is InChI=1S/C11H14BrN3S/c1-2-3-13-5-8-6-14-15-11(8)10-4-9(12)7-16-10/h4,6-7,13H,2-3,5H2,1H3,(H,14,15). The molecule has 3 nitrogen and oxygen atoms in total. The molecule has 0 fully saturated rings. The highest BCUT2D eigenvalue weighted by atomic mass is 79.9. The number of hydrogen-bond donors (Lipinski definition) is 2. The number of nitrogens with zero attached hydrogens (tertiary/aromatic N) is 1. The number of aromatic nitrogens is 2. The van der Waals surface area contributed by atoms with Gasteiger partial charge >= 0.3 is 0 Å². The third-order valence-electron chi connectivity index (χ3n) is 2.27. The Kier molecular flexibility index (Phi) is 4.15. The first kappa shape index (κ1) is 11.8. The fourth-order valence-electron chi connectivity index (χ4n) is 1.50. The van der Waals surface area contributed by atoms with E-state index in [-0.39, 0.29) is 0 Å². The second-order valence-electron chi connectivity index (χ2n) is 3.58. The predicted molar refractivity (Wildman–Crippen MR) is 71.6 cm³/mol. The van der Waals surface area contributed by atoms with E-state index in [0.29, 0.717) is 0 Å². The van der Waals surface area contributed by atoms with E-state index in [1.54, 1.807) is 11.3 Å². The summed E-state index contributed by atoms with van der Waals surface area (Å²) < 4.78 is 1.12. The van der Waals surface area contributed by atoms with Gasteiger partial charge in [0.15, 0.2) is 0 Å². The lowest BCUT2D eigenvalue weighted by Gasteiger charge is -2.02. The molecule has 0 aromatic carbocycles. The van der Waals surface area contributed by atoms with E-state index in [2.05, 4.69) is 49.8 Å². The molecule has 2 aromatic rings. The molecule has 0 aliphatic rings. The Morgan fingerprint density at radius 2 is 2.44 bits per heavy atom. The lowest BCUT2D eigenvalue weighted by atomic mass is 10.2. The van der Waals surface area contributed by atoms with Crippen molar-refractivity contribution in [2.75, 3.05) is 6.54 Å². The molecule has 0 saturated heterocycles. The maximum Gasteiger partial charge on any atom is 0.0795 e. The molecule has 16 heavy (non-hydrogen) atoms. The van der Waals surface area contributed by atoms with Crippen LogP contribution in [0.1, 0.15) is 18.9 Å². The number of halogens is 1. The van der Waals surface area contributed by atoms with Gasteiger partial charge in [-0.05, 0) is 35.0 Å². The second-order valence-corrected chi connectivity index (χ2v) is 5.40. The first-order chi connectivity index (χ1) is 7.81. The Hall–Kier alpha value is -0.650. The first-order valence-electron chi connectivity index (χ1n) is 5.28. The Bertz CT molecular complexity index is 450. The van der Waals surface area contributed by atoms with Crippen LogP contribution in [0.2, 0.25) is 0 Å². The van der Waals surface area contributed by atoms with Crippen LogP contribution in [0, 0.1) is 0 Å². The molecular weight excluding hydrogens is 286 g/mol. The van der Waals surface area contributed by atoms with Gasteiger partial charge in [0.2, 0.25) is 0 Å². The molecule has 0 aliphatic heterocycles. The Balaban J connectivity index is 2.12. The SMILES string of the molecule is CCCNCc1cn[nH]c1-c1cc(Br)cs1. The zero-order valence-corrected chi connectivity index (χ0v) is 11.5. The minimum absolute atomic E-state index is 0.870. The smallest absolute Gasteiger partial charge is 0.0795 e. The third-order valence-corrected chi connectivity index (χ3v) is 3.98. The molecule has 2 heterocycles. The van der Waals surface area contributed by atoms with Crippen molar-refractivity contribution in [2.24, 2.45) is 0 Å². The summed E-state index contributed by atoms with van der Waals surface area (Å²) in [6.07, 6.45) is 3.04. The number of nitrogens with one attached hydrogen (secondary N) is 2. The van der Waals surface area contributed by atoms with Crippen LogP contribution in [0.5, 0.6) is 0 Å². The van der Waals surface area contributed by atoms with Crippen molar-refractivity contribution in [3.63, 3.8) is 0 Å². The summed E-state index contributed by atoms with van der Waals surface area (Å²) in [7, 11) is 0. The van der Waals surface area contributed by atoms with Crippen LogP contribution >= 0.6 is 27.3 Å². The summed E-state index contributed by atoms with van der Waals surface area (Å²) in [6.45, 7) is 4.08. The van der Waals surface area contributed by atoms with Crippen LogP contribution in [0.25, 0.3) is 10.6 Å². The summed E-state index contributed by atoms with van der Waals surface area (Å²) in [5.74, 6) is 0. The van der Waals surface area contributed by atoms with Gasteiger partial charge in [0.1, 0.15) is 0 Å². The van der Waals surface area contributed by atoms with Crippen LogP contribution in [0.4, 0.5) is 0 Å². The number of H-pyrrole nitrogens is 1. The molecule has 0 bridgehead atoms. The molecule has 0 saturated carbocycles. The molecule has 0 aliphatic carbocycles. The van der Waals surface area contributed by atoms with Gasteiger partial charge in [-0.3, -0.25) is 5.10 Å². The summed E-state index contributed by atoms with van der Waals surface area (Å²) in [5.41, 5.74) is 2.35. The second kappa shape index (κ2) is 5.61. The van der Waals surface area contributed by atoms with E-state index in [1.807, 2.05) is 6.20 Å². The zero-order chi connectivity index (χ0) is 11.4. The van der Waals surface area contributed by atoms with E-state index in [9.17, 15) is 0 Å². The van der Waals surface area contributed by atoms with Crippen molar-refractivity contribution in [1.29, 1.82) is 0 Å². The molecular formula is C11H14BrN3S. The van der Waals surface area contributed by atoms with Crippen molar-refractivity contribution in [3.8, 4) is 10.6 Å². The minimum atomic E-state index is 0.870. The van der Waals surface area contributed by atoms with E-state index >= 15 is 0 Å². The summed E-state index contributed by atoms with van der Waals surface area (Å²) >= 11 is 5.18. The fourth-order valence-corrected chi connectivity index (χ4v) is 2.96. The highest BCUT2D eigenvalue weighted by molar-refractivity contribution is 9.10. The molecule has 0 atom stereocenters. The first-order valence-corrected chi connectivity index (χ1v) is 6.96. The third kappa shape index (κ3) is 2.72. The van der Waals surface area contributed by atoms with Crippen molar-refractivity contribution in [2.45, 2.75) is 19.9 Å². The van der Waals surface area contributed by atoms with Crippen LogP contribution < -0.4 is 5.32 Å². The van der Waals surface area contributed by atoms with E-state index < -0.39 is 0 Å². The van der Waals surface area contributed by atoms with Crippen LogP contribution in [-0.4, -0.2) is 16.7 Å². The molecule has 0 unspecified atom stereocenters. The zero-order valence-electron chi connectivity index (χ0n) is 9.09.